The second kappa shape index (κ2) is 24.8. The molecule has 1 saturated heterocycles. The van der Waals surface area contributed by atoms with Crippen molar-refractivity contribution in [3.8, 4) is 22.9 Å². The van der Waals surface area contributed by atoms with Gasteiger partial charge in [0.05, 0.1) is 81.1 Å². The van der Waals surface area contributed by atoms with Crippen molar-refractivity contribution < 1.29 is 71.8 Å². The van der Waals surface area contributed by atoms with Crippen molar-refractivity contribution in [1.82, 2.24) is 30.0 Å². The number of hydrogen-bond donors (Lipinski definition) is 5. The lowest BCUT2D eigenvalue weighted by Gasteiger charge is -2.35. The number of aromatic nitrogens is 2. The van der Waals surface area contributed by atoms with Gasteiger partial charge in [0.25, 0.3) is 5.56 Å². The molecule has 7 N–H and O–H groups in total. The Balaban J connectivity index is 0.902. The van der Waals surface area contributed by atoms with Gasteiger partial charge >= 0.3 is 17.9 Å². The van der Waals surface area contributed by atoms with Crippen LogP contribution in [-0.4, -0.2) is 163 Å². The fraction of sp³-hybridized carbons (Fsp3) is 0.571. The highest BCUT2D eigenvalue weighted by Crippen LogP contribution is 2.40. The lowest BCUT2D eigenvalue weighted by atomic mass is 9.99. The van der Waals surface area contributed by atoms with Crippen LogP contribution in [0.3, 0.4) is 0 Å². The van der Waals surface area contributed by atoms with Gasteiger partial charge in [-0.1, -0.05) is 20.3 Å². The maximum absolute atomic E-state index is 14.3. The number of ether oxygens (including phenoxy) is 7. The Bertz CT molecular complexity index is 2620. The summed E-state index contributed by atoms with van der Waals surface area (Å²) in [6.45, 7) is 5.27. The van der Waals surface area contributed by atoms with E-state index in [1.807, 2.05) is 12.1 Å². The molecule has 1 fully saturated rings. The first kappa shape index (κ1) is 54.1. The summed E-state index contributed by atoms with van der Waals surface area (Å²) in [5.41, 5.74) is 13.4. The van der Waals surface area contributed by atoms with E-state index in [1.54, 1.807) is 26.0 Å². The predicted molar refractivity (Wildman–Crippen MR) is 257 cm³/mol. The molecule has 73 heavy (non-hydrogen) atoms. The first-order valence-electron chi connectivity index (χ1n) is 24.5. The second-order valence-electron chi connectivity index (χ2n) is 18.5. The summed E-state index contributed by atoms with van der Waals surface area (Å²) in [6, 6.07) is 2.54. The lowest BCUT2D eigenvalue weighted by Crippen LogP contribution is -2.57. The largest absolute Gasteiger partial charge is 0.481 e. The molecule has 6 heterocycles. The van der Waals surface area contributed by atoms with E-state index in [-0.39, 0.29) is 96.0 Å². The third-order valence-electron chi connectivity index (χ3n) is 13.0. The number of amides is 4. The van der Waals surface area contributed by atoms with Gasteiger partial charge in [-0.25, -0.2) is 14.6 Å². The molecule has 0 saturated carbocycles. The fourth-order valence-corrected chi connectivity index (χ4v) is 9.31. The number of likely N-dealkylation sites (tertiary alicyclic amines) is 1. The van der Waals surface area contributed by atoms with Crippen LogP contribution in [0.2, 0.25) is 0 Å². The monoisotopic (exact) mass is 1020 g/mol. The Labute approximate surface area is 420 Å². The van der Waals surface area contributed by atoms with Gasteiger partial charge in [-0.05, 0) is 56.3 Å². The van der Waals surface area contributed by atoms with Crippen LogP contribution in [0.5, 0.6) is 11.5 Å². The Kier molecular flexibility index (Phi) is 18.4. The minimum atomic E-state index is -1.66. The van der Waals surface area contributed by atoms with Crippen LogP contribution >= 0.6 is 0 Å². The molecule has 4 amide bonds. The first-order chi connectivity index (χ1) is 35.1. The number of cyclic esters (lactones) is 1. The number of rotatable bonds is 26. The number of carbonyl (C=O) groups is 7. The molecule has 0 bridgehead atoms. The van der Waals surface area contributed by atoms with Gasteiger partial charge in [0.15, 0.2) is 11.5 Å². The zero-order valence-electron chi connectivity index (χ0n) is 41.2. The minimum Gasteiger partial charge on any atom is -0.481 e. The van der Waals surface area contributed by atoms with Gasteiger partial charge in [0.1, 0.15) is 24.7 Å². The topological polar surface area (TPSA) is 322 Å². The maximum atomic E-state index is 14.3. The molecule has 3 aromatic rings. The molecule has 24 nitrogen and oxygen atoms in total. The fourth-order valence-electron chi connectivity index (χ4n) is 9.31. The number of nitrogens with two attached hydrogens (primary N) is 2. The van der Waals surface area contributed by atoms with E-state index in [0.29, 0.717) is 54.3 Å². The normalized spacial score (nSPS) is 17.6. The average Bonchev–Trinajstić information content (AvgIpc) is 4.12. The quantitative estimate of drug-likeness (QED) is 0.0415. The van der Waals surface area contributed by atoms with Crippen molar-refractivity contribution in [2.45, 2.75) is 102 Å². The van der Waals surface area contributed by atoms with Crippen LogP contribution in [0.25, 0.3) is 22.3 Å². The van der Waals surface area contributed by atoms with Crippen molar-refractivity contribution >= 4 is 52.4 Å². The Morgan fingerprint density at radius 2 is 1.66 bits per heavy atom. The Hall–Kier alpha value is -6.73. The zero-order chi connectivity index (χ0) is 52.3. The molecule has 0 radical (unpaired) electrons. The number of fused-ring (bicyclic) bond motifs is 6. The van der Waals surface area contributed by atoms with Crippen LogP contribution in [0.15, 0.2) is 29.1 Å². The smallest absolute Gasteiger partial charge is 0.352 e. The number of benzene rings is 1. The molecule has 4 aliphatic rings. The van der Waals surface area contributed by atoms with E-state index >= 15 is 0 Å². The van der Waals surface area contributed by atoms with Crippen molar-refractivity contribution in [3.05, 3.63) is 51.3 Å². The van der Waals surface area contributed by atoms with Crippen LogP contribution < -0.4 is 37.1 Å². The van der Waals surface area contributed by atoms with Gasteiger partial charge < -0.3 is 74.7 Å². The number of esters is 2. The summed E-state index contributed by atoms with van der Waals surface area (Å²) in [7, 11) is 1.37. The average molecular weight is 1020 g/mol. The van der Waals surface area contributed by atoms with Crippen LogP contribution in [0, 0.1) is 5.92 Å². The molecule has 4 aliphatic heterocycles. The number of carboxylic acid groups (broad SMARTS) is 1. The van der Waals surface area contributed by atoms with E-state index < -0.39 is 83.8 Å². The number of nitrogens with one attached hydrogen (secondary N) is 2. The van der Waals surface area contributed by atoms with Crippen molar-refractivity contribution in [3.63, 3.8) is 0 Å². The molecular weight excluding hydrogens is 957 g/mol. The molecule has 2 aromatic heterocycles. The molecule has 0 aliphatic carbocycles. The zero-order valence-corrected chi connectivity index (χ0v) is 41.2. The summed E-state index contributed by atoms with van der Waals surface area (Å²) >= 11 is 0. The number of hydrogen-bond acceptors (Lipinski definition) is 18. The number of carbonyl (C=O) groups excluding carboxylic acids is 6. The predicted octanol–water partition coefficient (Wildman–Crippen LogP) is 0.241. The van der Waals surface area contributed by atoms with E-state index in [4.69, 9.17) is 49.6 Å². The summed E-state index contributed by atoms with van der Waals surface area (Å²) in [5, 5.41) is 15.7. The first-order valence-corrected chi connectivity index (χ1v) is 24.5. The minimum absolute atomic E-state index is 0.0595. The highest BCUT2D eigenvalue weighted by atomic mass is 16.7. The maximum Gasteiger partial charge on any atom is 0.352 e. The molecule has 1 aromatic carbocycles. The molecule has 5 atom stereocenters. The lowest BCUT2D eigenvalue weighted by molar-refractivity contribution is -0.176. The van der Waals surface area contributed by atoms with Gasteiger partial charge in [-0.3, -0.25) is 28.8 Å². The van der Waals surface area contributed by atoms with E-state index in [9.17, 15) is 43.5 Å². The number of unbranched alkanes of at least 4 members (excludes halogenated alkanes) is 1. The van der Waals surface area contributed by atoms with Crippen LogP contribution in [0.1, 0.15) is 81.6 Å². The van der Waals surface area contributed by atoms with E-state index in [0.717, 1.165) is 28.7 Å². The third kappa shape index (κ3) is 12.9. The summed E-state index contributed by atoms with van der Waals surface area (Å²) in [6.07, 6.45) is 0.0657. The number of nitrogens with zero attached hydrogens (tertiary/aromatic N) is 4. The second-order valence-corrected chi connectivity index (χ2v) is 18.5. The Morgan fingerprint density at radius 3 is 2.37 bits per heavy atom. The summed E-state index contributed by atoms with van der Waals surface area (Å²) in [4.78, 5) is 114. The van der Waals surface area contributed by atoms with E-state index in [2.05, 4.69) is 10.6 Å². The van der Waals surface area contributed by atoms with Gasteiger partial charge in [0, 0.05) is 49.1 Å². The molecule has 0 spiro atoms. The molecule has 396 valence electrons. The molecule has 7 rings (SSSR count). The molecule has 24 heteroatoms. The summed E-state index contributed by atoms with van der Waals surface area (Å²) in [5.74, 6) is -5.06. The Morgan fingerprint density at radius 1 is 0.945 bits per heavy atom. The third-order valence-corrected chi connectivity index (χ3v) is 13.0. The number of pyridine rings is 2. The van der Waals surface area contributed by atoms with Gasteiger partial charge in [-0.2, -0.15) is 0 Å². The molecule has 4 unspecified atom stereocenters. The summed E-state index contributed by atoms with van der Waals surface area (Å²) < 4.78 is 40.2. The number of aliphatic carboxylic acids is 1. The van der Waals surface area contributed by atoms with Crippen LogP contribution in [-0.2, 0) is 70.4 Å². The number of likely N-dealkylation sites (N-methyl/N-ethyl adjacent to an activating group) is 1. The van der Waals surface area contributed by atoms with Crippen molar-refractivity contribution in [2.24, 2.45) is 17.4 Å². The van der Waals surface area contributed by atoms with Gasteiger partial charge in [-0.15, -0.1) is 0 Å². The standard InChI is InChI=1S/C49H64N8O16/c1-27(2)42(48(65)73-43-30-21-36-41-29(24-57(36)45(62)31(30)25-70-49(43)66)19-28-20-37-38(72-26-71-37)22-33(28)54-41)55(3)47(64)35-8-6-12-56(35)46(63)34(23-40(59)60)53-39(58)9-13-67-15-17-69-18-16-68-14-11-52-44(61)32(51)7-4-5-10-50/h19-22,27,32,34-35,42-43H,4-18,23-26,50-51H2,1-3H3,(H,52,61)(H,53,58)(H,59,60)/t32?,34-,35?,42?,43?/m0/s1. The number of carboxylic acids is 1. The highest BCUT2D eigenvalue weighted by Gasteiger charge is 2.45. The molecular formula is C49H64N8O16. The van der Waals surface area contributed by atoms with Gasteiger partial charge in [0.2, 0.25) is 36.5 Å². The van der Waals surface area contributed by atoms with Crippen molar-refractivity contribution in [2.75, 3.05) is 73.1 Å². The van der Waals surface area contributed by atoms with Crippen molar-refractivity contribution in [1.29, 1.82) is 0 Å². The highest BCUT2D eigenvalue weighted by molar-refractivity contribution is 5.96. The SMILES string of the molecule is CC(C)C(C(=O)OC1C(=O)OCc2c1cc1n(c2=O)Cc2cc3cc4c(cc3nc2-1)OCO4)N(C)C(=O)C1CCCN1C(=O)[C@H](CC(=O)O)NC(=O)CCOCCOCCOCCNC(=O)C(N)CCCCN. The van der Waals surface area contributed by atoms with Crippen LogP contribution in [0.4, 0.5) is 0 Å². The van der Waals surface area contributed by atoms with E-state index in [1.165, 1.54) is 16.5 Å².